The molecule has 35 heavy (non-hydrogen) atoms. The van der Waals surface area contributed by atoms with Crippen molar-refractivity contribution in [3.63, 3.8) is 0 Å². The number of benzene rings is 4. The molecule has 5 nitrogen and oxygen atoms in total. The zero-order valence-corrected chi connectivity index (χ0v) is 18.7. The van der Waals surface area contributed by atoms with Crippen LogP contribution in [0.15, 0.2) is 127 Å². The third-order valence-electron chi connectivity index (χ3n) is 5.76. The molecule has 0 spiro atoms. The average molecular weight is 463 g/mol. The van der Waals surface area contributed by atoms with E-state index in [1.807, 2.05) is 48.5 Å². The minimum absolute atomic E-state index is 0.347. The molecule has 5 heteroatoms. The van der Waals surface area contributed by atoms with Crippen molar-refractivity contribution in [3.05, 3.63) is 139 Å². The maximum atomic E-state index is 13.9. The maximum Gasteiger partial charge on any atom is 0.361 e. The lowest BCUT2D eigenvalue weighted by Gasteiger charge is -2.32. The van der Waals surface area contributed by atoms with Gasteiger partial charge in [-0.05, 0) is 30.3 Å². The molecule has 4 aromatic carbocycles. The summed E-state index contributed by atoms with van der Waals surface area (Å²) in [5.74, 6) is -1.33. The molecule has 5 rings (SSSR count). The molecule has 4 aromatic rings. The summed E-state index contributed by atoms with van der Waals surface area (Å²) in [5, 5.41) is 0. The van der Waals surface area contributed by atoms with Crippen molar-refractivity contribution < 1.29 is 23.8 Å². The first-order valence-corrected chi connectivity index (χ1v) is 11.2. The number of rotatable bonds is 6. The number of carbonyl (C=O) groups excluding carboxylic acids is 2. The van der Waals surface area contributed by atoms with Gasteiger partial charge in [0.2, 0.25) is 5.60 Å². The Labute approximate surface area is 203 Å². The van der Waals surface area contributed by atoms with Crippen LogP contribution in [0, 0.1) is 5.92 Å². The zero-order chi connectivity index (χ0) is 24.1. The molecule has 0 radical (unpaired) electrons. The molecule has 0 bridgehead atoms. The fourth-order valence-corrected chi connectivity index (χ4v) is 4.08. The summed E-state index contributed by atoms with van der Waals surface area (Å²) in [5.41, 5.74) is -0.567. The predicted molar refractivity (Wildman–Crippen MR) is 131 cm³/mol. The van der Waals surface area contributed by atoms with Crippen LogP contribution in [0.2, 0.25) is 0 Å². The van der Waals surface area contributed by atoms with E-state index in [1.165, 1.54) is 0 Å². The summed E-state index contributed by atoms with van der Waals surface area (Å²) in [6.07, 6.45) is 1.64. The molecule has 2 unspecified atom stereocenters. The summed E-state index contributed by atoms with van der Waals surface area (Å²) < 4.78 is 17.9. The van der Waals surface area contributed by atoms with Crippen molar-refractivity contribution >= 4 is 17.7 Å². The van der Waals surface area contributed by atoms with Crippen molar-refractivity contribution in [1.29, 1.82) is 0 Å². The molecule has 1 aliphatic rings. The fraction of sp³-hybridized carbons (Fsp3) is 0.0667. The van der Waals surface area contributed by atoms with E-state index in [0.717, 1.165) is 5.56 Å². The van der Waals surface area contributed by atoms with Crippen LogP contribution in [0.1, 0.15) is 11.1 Å². The van der Waals surface area contributed by atoms with Crippen LogP contribution in [0.3, 0.4) is 0 Å². The van der Waals surface area contributed by atoms with Crippen LogP contribution in [0.4, 0.5) is 0 Å². The van der Waals surface area contributed by atoms with Gasteiger partial charge in [0.1, 0.15) is 23.2 Å². The van der Waals surface area contributed by atoms with E-state index < -0.39 is 23.5 Å². The molecule has 1 aliphatic heterocycles. The Morgan fingerprint density at radius 2 is 1.11 bits per heavy atom. The third-order valence-corrected chi connectivity index (χ3v) is 5.76. The second-order valence-electron chi connectivity index (χ2n) is 8.02. The Kier molecular flexibility index (Phi) is 6.14. The molecule has 0 N–H and O–H groups in total. The molecule has 0 saturated carbocycles. The monoisotopic (exact) mass is 462 g/mol. The van der Waals surface area contributed by atoms with Crippen LogP contribution >= 0.6 is 0 Å². The maximum absolute atomic E-state index is 13.9. The van der Waals surface area contributed by atoms with Crippen molar-refractivity contribution in [2.45, 2.75) is 5.60 Å². The SMILES string of the molecule is O=C(Oc1ccccc1)C1C=C(c2ccccc2)OC1(C(=O)Oc1ccccc1)c1ccccc1. The molecule has 0 aromatic heterocycles. The summed E-state index contributed by atoms with van der Waals surface area (Å²) >= 11 is 0. The fourth-order valence-electron chi connectivity index (χ4n) is 4.08. The van der Waals surface area contributed by atoms with Crippen LogP contribution in [-0.2, 0) is 19.9 Å². The minimum Gasteiger partial charge on any atom is -0.469 e. The van der Waals surface area contributed by atoms with Crippen LogP contribution in [0.5, 0.6) is 11.5 Å². The van der Waals surface area contributed by atoms with E-state index in [-0.39, 0.29) is 0 Å². The predicted octanol–water partition coefficient (Wildman–Crippen LogP) is 5.78. The second kappa shape index (κ2) is 9.69. The van der Waals surface area contributed by atoms with Gasteiger partial charge in [-0.3, -0.25) is 4.79 Å². The van der Waals surface area contributed by atoms with E-state index in [2.05, 4.69) is 0 Å². The minimum atomic E-state index is -1.78. The lowest BCUT2D eigenvalue weighted by Crippen LogP contribution is -2.48. The molecule has 2 atom stereocenters. The summed E-state index contributed by atoms with van der Waals surface area (Å²) in [6.45, 7) is 0. The number of hydrogen-bond donors (Lipinski definition) is 0. The Hall–Kier alpha value is -4.64. The van der Waals surface area contributed by atoms with Gasteiger partial charge < -0.3 is 14.2 Å². The van der Waals surface area contributed by atoms with Crippen LogP contribution in [-0.4, -0.2) is 11.9 Å². The highest BCUT2D eigenvalue weighted by Crippen LogP contribution is 2.47. The first-order valence-electron chi connectivity index (χ1n) is 11.2. The van der Waals surface area contributed by atoms with Crippen molar-refractivity contribution in [2.75, 3.05) is 0 Å². The van der Waals surface area contributed by atoms with E-state index in [1.54, 1.807) is 78.9 Å². The lowest BCUT2D eigenvalue weighted by molar-refractivity contribution is -0.165. The van der Waals surface area contributed by atoms with E-state index >= 15 is 0 Å². The number of esters is 2. The lowest BCUT2D eigenvalue weighted by atomic mass is 9.82. The van der Waals surface area contributed by atoms with Gasteiger partial charge in [-0.1, -0.05) is 97.1 Å². The summed E-state index contributed by atoms with van der Waals surface area (Å²) in [6, 6.07) is 35.7. The third kappa shape index (κ3) is 4.44. The molecule has 0 amide bonds. The van der Waals surface area contributed by atoms with Gasteiger partial charge in [-0.15, -0.1) is 0 Å². The van der Waals surface area contributed by atoms with Crippen LogP contribution < -0.4 is 9.47 Å². The number of para-hydroxylation sites is 2. The molecular formula is C30H22O5. The average Bonchev–Trinajstić information content (AvgIpc) is 3.33. The first kappa shape index (κ1) is 22.2. The largest absolute Gasteiger partial charge is 0.469 e. The van der Waals surface area contributed by atoms with E-state index in [0.29, 0.717) is 22.8 Å². The number of ether oxygens (including phenoxy) is 3. The Morgan fingerprint density at radius 1 is 0.629 bits per heavy atom. The second-order valence-corrected chi connectivity index (χ2v) is 8.02. The van der Waals surface area contributed by atoms with Gasteiger partial charge >= 0.3 is 11.9 Å². The van der Waals surface area contributed by atoms with Gasteiger partial charge in [0.05, 0.1) is 0 Å². The van der Waals surface area contributed by atoms with Gasteiger partial charge in [0, 0.05) is 11.1 Å². The normalized spacial score (nSPS) is 18.7. The smallest absolute Gasteiger partial charge is 0.361 e. The quantitative estimate of drug-likeness (QED) is 0.268. The van der Waals surface area contributed by atoms with Gasteiger partial charge in [-0.25, -0.2) is 4.79 Å². The Balaban J connectivity index is 1.62. The highest BCUT2D eigenvalue weighted by atomic mass is 16.6. The topological polar surface area (TPSA) is 61.8 Å². The van der Waals surface area contributed by atoms with Crippen molar-refractivity contribution in [2.24, 2.45) is 5.92 Å². The molecule has 0 aliphatic carbocycles. The highest BCUT2D eigenvalue weighted by Gasteiger charge is 2.58. The molecule has 0 fully saturated rings. The van der Waals surface area contributed by atoms with E-state index in [4.69, 9.17) is 14.2 Å². The molecule has 172 valence electrons. The van der Waals surface area contributed by atoms with Gasteiger partial charge in [0.15, 0.2) is 0 Å². The van der Waals surface area contributed by atoms with Crippen LogP contribution in [0.25, 0.3) is 5.76 Å². The van der Waals surface area contributed by atoms with Crippen molar-refractivity contribution in [3.8, 4) is 11.5 Å². The summed E-state index contributed by atoms with van der Waals surface area (Å²) in [4.78, 5) is 27.5. The zero-order valence-electron chi connectivity index (χ0n) is 18.7. The highest BCUT2D eigenvalue weighted by molar-refractivity contribution is 5.95. The van der Waals surface area contributed by atoms with Gasteiger partial charge in [0.25, 0.3) is 0 Å². The first-order chi connectivity index (χ1) is 17.2. The standard InChI is InChI=1S/C30H22O5/c31-28(33-24-17-9-3-10-18-24)26-21-27(22-13-5-1-6-14-22)35-30(26,23-15-7-2-8-16-23)29(32)34-25-19-11-4-12-20-25/h1-21,26H. The number of hydrogen-bond acceptors (Lipinski definition) is 5. The molecular weight excluding hydrogens is 440 g/mol. The number of carbonyl (C=O) groups is 2. The molecule has 0 saturated heterocycles. The Bertz CT molecular complexity index is 1330. The molecule has 1 heterocycles. The van der Waals surface area contributed by atoms with Gasteiger partial charge in [-0.2, -0.15) is 0 Å². The van der Waals surface area contributed by atoms with Crippen molar-refractivity contribution in [1.82, 2.24) is 0 Å². The summed E-state index contributed by atoms with van der Waals surface area (Å²) in [7, 11) is 0. The Morgan fingerprint density at radius 3 is 1.69 bits per heavy atom. The van der Waals surface area contributed by atoms with E-state index in [9.17, 15) is 9.59 Å².